The number of aromatic nitrogens is 4. The van der Waals surface area contributed by atoms with E-state index < -0.39 is 4.92 Å². The van der Waals surface area contributed by atoms with Crippen LogP contribution in [-0.2, 0) is 0 Å². The Kier molecular flexibility index (Phi) is 5.90. The van der Waals surface area contributed by atoms with Crippen molar-refractivity contribution in [3.8, 4) is 11.5 Å². The van der Waals surface area contributed by atoms with Gasteiger partial charge in [-0.1, -0.05) is 29.8 Å². The molecule has 0 aliphatic heterocycles. The zero-order valence-corrected chi connectivity index (χ0v) is 17.0. The van der Waals surface area contributed by atoms with E-state index in [0.717, 1.165) is 5.69 Å². The summed E-state index contributed by atoms with van der Waals surface area (Å²) in [5.74, 6) is 0.577. The Morgan fingerprint density at radius 3 is 2.56 bits per heavy atom. The minimum Gasteiger partial charge on any atom is -0.382 e. The molecule has 2 aromatic heterocycles. The van der Waals surface area contributed by atoms with Crippen molar-refractivity contribution in [2.45, 2.75) is 0 Å². The first-order chi connectivity index (χ1) is 15.5. The molecule has 0 saturated carbocycles. The van der Waals surface area contributed by atoms with E-state index in [1.807, 2.05) is 30.3 Å². The first-order valence-corrected chi connectivity index (χ1v) is 9.50. The Balaban J connectivity index is 1.76. The molecule has 0 aliphatic carbocycles. The van der Waals surface area contributed by atoms with Gasteiger partial charge in [0.2, 0.25) is 0 Å². The van der Waals surface area contributed by atoms with Gasteiger partial charge in [0.15, 0.2) is 23.1 Å². The lowest BCUT2D eigenvalue weighted by molar-refractivity contribution is -0.384. The summed E-state index contributed by atoms with van der Waals surface area (Å²) >= 11 is 6.10. The third-order valence-electron chi connectivity index (χ3n) is 4.14. The highest BCUT2D eigenvalue weighted by molar-refractivity contribution is 6.33. The van der Waals surface area contributed by atoms with Crippen LogP contribution < -0.4 is 11.1 Å². The van der Waals surface area contributed by atoms with Crippen molar-refractivity contribution in [3.05, 3.63) is 82.3 Å². The van der Waals surface area contributed by atoms with Crippen LogP contribution in [0, 0.1) is 10.1 Å². The molecule has 0 amide bonds. The number of benzene rings is 2. The van der Waals surface area contributed by atoms with Gasteiger partial charge < -0.3 is 11.1 Å². The molecule has 0 radical (unpaired) electrons. The highest BCUT2D eigenvalue weighted by Gasteiger charge is 2.16. The zero-order valence-electron chi connectivity index (χ0n) is 16.3. The van der Waals surface area contributed by atoms with Crippen LogP contribution in [0.4, 0.5) is 34.4 Å². The fraction of sp³-hybridized carbons (Fsp3) is 0. The number of rotatable bonds is 6. The molecule has 32 heavy (non-hydrogen) atoms. The maximum absolute atomic E-state index is 10.9. The van der Waals surface area contributed by atoms with Crippen molar-refractivity contribution < 1.29 is 4.92 Å². The monoisotopic (exact) mass is 447 g/mol. The summed E-state index contributed by atoms with van der Waals surface area (Å²) in [5.41, 5.74) is 7.56. The highest BCUT2D eigenvalue weighted by Crippen LogP contribution is 2.36. The van der Waals surface area contributed by atoms with Crippen LogP contribution in [0.15, 0.2) is 77.3 Å². The fourth-order valence-corrected chi connectivity index (χ4v) is 2.85. The minimum absolute atomic E-state index is 0.0425. The zero-order chi connectivity index (χ0) is 22.5. The van der Waals surface area contributed by atoms with Gasteiger partial charge in [-0.15, -0.1) is 10.2 Å². The standard InChI is InChI=1S/C20H14ClN9O2/c21-14-10-13(30(31)32)6-7-15(14)28-29-17-18(22)26-19(16-11-23-8-9-24-16)27-20(17)25-12-4-2-1-3-5-12/h1-11H,(H3,22,25,26,27). The number of nitrogens with zero attached hydrogens (tertiary/aromatic N) is 7. The van der Waals surface area contributed by atoms with Crippen molar-refractivity contribution in [2.75, 3.05) is 11.1 Å². The average Bonchev–Trinajstić information content (AvgIpc) is 2.80. The molecule has 2 aromatic carbocycles. The van der Waals surface area contributed by atoms with Gasteiger partial charge >= 0.3 is 0 Å². The summed E-state index contributed by atoms with van der Waals surface area (Å²) in [6, 6.07) is 13.1. The summed E-state index contributed by atoms with van der Waals surface area (Å²) in [5, 5.41) is 22.4. The van der Waals surface area contributed by atoms with Gasteiger partial charge in [0.05, 0.1) is 16.1 Å². The molecular weight excluding hydrogens is 434 g/mol. The van der Waals surface area contributed by atoms with E-state index >= 15 is 0 Å². The van der Waals surface area contributed by atoms with E-state index in [2.05, 4.69) is 35.5 Å². The van der Waals surface area contributed by atoms with Crippen LogP contribution in [0.25, 0.3) is 11.5 Å². The normalized spacial score (nSPS) is 10.9. The van der Waals surface area contributed by atoms with Gasteiger partial charge in [-0.2, -0.15) is 0 Å². The lowest BCUT2D eigenvalue weighted by Gasteiger charge is -2.11. The summed E-state index contributed by atoms with van der Waals surface area (Å²) < 4.78 is 0. The topological polar surface area (TPSA) is 157 Å². The van der Waals surface area contributed by atoms with E-state index in [9.17, 15) is 10.1 Å². The highest BCUT2D eigenvalue weighted by atomic mass is 35.5. The fourth-order valence-electron chi connectivity index (χ4n) is 2.64. The van der Waals surface area contributed by atoms with Crippen molar-refractivity contribution in [1.82, 2.24) is 19.9 Å². The van der Waals surface area contributed by atoms with Crippen molar-refractivity contribution in [1.29, 1.82) is 0 Å². The number of hydrogen-bond acceptors (Lipinski definition) is 10. The SMILES string of the molecule is Nc1nc(-c2cnccn2)nc(Nc2ccccc2)c1N=Nc1ccc([N+](=O)[O-])cc1Cl. The third-order valence-corrected chi connectivity index (χ3v) is 4.44. The van der Waals surface area contributed by atoms with Gasteiger partial charge in [-0.3, -0.25) is 15.1 Å². The van der Waals surface area contributed by atoms with Gasteiger partial charge in [0, 0.05) is 30.2 Å². The number of hydrogen-bond donors (Lipinski definition) is 2. The number of anilines is 3. The van der Waals surface area contributed by atoms with Crippen molar-refractivity contribution in [2.24, 2.45) is 10.2 Å². The molecule has 3 N–H and O–H groups in total. The smallest absolute Gasteiger partial charge is 0.271 e. The second-order valence-corrected chi connectivity index (χ2v) is 6.71. The number of para-hydroxylation sites is 1. The summed E-state index contributed by atoms with van der Waals surface area (Å²) in [6.07, 6.45) is 4.56. The molecule has 11 nitrogen and oxygen atoms in total. The Morgan fingerprint density at radius 2 is 1.88 bits per heavy atom. The van der Waals surface area contributed by atoms with E-state index in [-0.39, 0.29) is 39.5 Å². The molecule has 0 unspecified atom stereocenters. The molecular formula is C20H14ClN9O2. The molecule has 0 fully saturated rings. The number of nitro groups is 1. The molecule has 2 heterocycles. The Bertz CT molecular complexity index is 1300. The van der Waals surface area contributed by atoms with Gasteiger partial charge in [-0.25, -0.2) is 15.0 Å². The van der Waals surface area contributed by atoms with E-state index in [0.29, 0.717) is 5.69 Å². The van der Waals surface area contributed by atoms with E-state index in [1.54, 1.807) is 0 Å². The number of nitrogen functional groups attached to an aromatic ring is 1. The quantitative estimate of drug-likeness (QED) is 0.231. The molecule has 0 bridgehead atoms. The summed E-state index contributed by atoms with van der Waals surface area (Å²) in [6.45, 7) is 0. The van der Waals surface area contributed by atoms with E-state index in [1.165, 1.54) is 36.8 Å². The lowest BCUT2D eigenvalue weighted by Crippen LogP contribution is -2.03. The largest absolute Gasteiger partial charge is 0.382 e. The van der Waals surface area contributed by atoms with Crippen LogP contribution in [0.2, 0.25) is 5.02 Å². The molecule has 0 saturated heterocycles. The van der Waals surface area contributed by atoms with Crippen LogP contribution in [0.5, 0.6) is 0 Å². The number of nitrogens with one attached hydrogen (secondary N) is 1. The summed E-state index contributed by atoms with van der Waals surface area (Å²) in [7, 11) is 0. The number of non-ortho nitro benzene ring substituents is 1. The number of azo groups is 1. The maximum atomic E-state index is 10.9. The second kappa shape index (κ2) is 9.10. The van der Waals surface area contributed by atoms with Crippen molar-refractivity contribution >= 4 is 46.0 Å². The molecule has 12 heteroatoms. The molecule has 0 spiro atoms. The Labute approximate surface area is 186 Å². The lowest BCUT2D eigenvalue weighted by atomic mass is 10.3. The minimum atomic E-state index is -0.550. The van der Waals surface area contributed by atoms with Crippen LogP contribution in [0.3, 0.4) is 0 Å². The molecule has 4 aromatic rings. The predicted molar refractivity (Wildman–Crippen MR) is 119 cm³/mol. The Hall–Kier alpha value is -4.51. The third kappa shape index (κ3) is 4.63. The predicted octanol–water partition coefficient (Wildman–Crippen LogP) is 5.24. The maximum Gasteiger partial charge on any atom is 0.271 e. The first kappa shape index (κ1) is 20.8. The number of halogens is 1. The van der Waals surface area contributed by atoms with Crippen LogP contribution in [-0.4, -0.2) is 24.9 Å². The molecule has 158 valence electrons. The number of nitro benzene ring substituents is 1. The number of nitrogens with two attached hydrogens (primary N) is 1. The van der Waals surface area contributed by atoms with Gasteiger partial charge in [0.25, 0.3) is 5.69 Å². The molecule has 0 atom stereocenters. The van der Waals surface area contributed by atoms with Gasteiger partial charge in [-0.05, 0) is 18.2 Å². The van der Waals surface area contributed by atoms with Crippen molar-refractivity contribution in [3.63, 3.8) is 0 Å². The summed E-state index contributed by atoms with van der Waals surface area (Å²) in [4.78, 5) is 27.3. The Morgan fingerprint density at radius 1 is 1.06 bits per heavy atom. The molecule has 4 rings (SSSR count). The van der Waals surface area contributed by atoms with Gasteiger partial charge in [0.1, 0.15) is 11.4 Å². The van der Waals surface area contributed by atoms with Crippen LogP contribution in [0.1, 0.15) is 0 Å². The van der Waals surface area contributed by atoms with E-state index in [4.69, 9.17) is 17.3 Å². The second-order valence-electron chi connectivity index (χ2n) is 6.30. The first-order valence-electron chi connectivity index (χ1n) is 9.13. The molecule has 0 aliphatic rings. The average molecular weight is 448 g/mol. The van der Waals surface area contributed by atoms with Crippen LogP contribution >= 0.6 is 11.6 Å².